The number of benzene rings is 10. The van der Waals surface area contributed by atoms with Crippen LogP contribution in [0.25, 0.3) is 54.2 Å². The first-order valence-corrected chi connectivity index (χ1v) is 25.7. The van der Waals surface area contributed by atoms with Crippen molar-refractivity contribution in [2.75, 3.05) is 0 Å². The molecule has 68 heavy (non-hydrogen) atoms. The Balaban J connectivity index is 1.13. The molecule has 0 radical (unpaired) electrons. The third-order valence-electron chi connectivity index (χ3n) is 14.0. The van der Waals surface area contributed by atoms with Crippen LogP contribution in [0.5, 0.6) is 57.5 Å². The molecular weight excluding hydrogens is 1310 g/mol. The molecule has 2 aliphatic rings. The van der Waals surface area contributed by atoms with Gasteiger partial charge in [0.15, 0.2) is 0 Å². The van der Waals surface area contributed by atoms with Crippen LogP contribution in [-0.2, 0) is 10.8 Å². The van der Waals surface area contributed by atoms with Gasteiger partial charge in [-0.3, -0.25) is 0 Å². The lowest BCUT2D eigenvalue weighted by atomic mass is 9.66. The van der Waals surface area contributed by atoms with Crippen LogP contribution in [0.15, 0.2) is 133 Å². The second-order valence-corrected chi connectivity index (χ2v) is 22.5. The molecule has 334 valence electrons. The number of hydrogen-bond acceptors (Lipinski definition) is 8. The first kappa shape index (κ1) is 43.8. The fourth-order valence-corrected chi connectivity index (χ4v) is 14.6. The Morgan fingerprint density at radius 3 is 1.44 bits per heavy atom. The lowest BCUT2D eigenvalue weighted by Crippen LogP contribution is -2.30. The van der Waals surface area contributed by atoms with Gasteiger partial charge < -0.3 is 40.1 Å². The van der Waals surface area contributed by atoms with Crippen LogP contribution >= 0.6 is 90.4 Å². The van der Waals surface area contributed by atoms with Crippen LogP contribution in [0.4, 0.5) is 0 Å². The van der Waals surface area contributed by atoms with E-state index in [1.165, 1.54) is 0 Å². The van der Waals surface area contributed by atoms with Crippen LogP contribution in [0.2, 0.25) is 0 Å². The monoisotopic (exact) mass is 1340 g/mol. The molecule has 6 N–H and O–H groups in total. The molecule has 0 fully saturated rings. The lowest BCUT2D eigenvalue weighted by Gasteiger charge is -2.40. The van der Waals surface area contributed by atoms with E-state index in [-0.39, 0.29) is 34.5 Å². The normalized spacial score (nSPS) is 17.1. The third kappa shape index (κ3) is 6.31. The quantitative estimate of drug-likeness (QED) is 0.0962. The van der Waals surface area contributed by atoms with Crippen LogP contribution in [-0.4, -0.2) is 30.6 Å². The summed E-state index contributed by atoms with van der Waals surface area (Å²) in [6.07, 6.45) is 0. The van der Waals surface area contributed by atoms with Gasteiger partial charge in [-0.15, -0.1) is 0 Å². The van der Waals surface area contributed by atoms with Gasteiger partial charge in [0, 0.05) is 37.0 Å². The molecule has 2 aliphatic heterocycles. The van der Waals surface area contributed by atoms with Crippen molar-refractivity contribution in [1.29, 1.82) is 0 Å². The van der Waals surface area contributed by atoms with E-state index in [1.807, 2.05) is 91.0 Å². The lowest BCUT2D eigenvalue weighted by molar-refractivity contribution is 0.417. The smallest absolute Gasteiger partial charge is 0.142 e. The molecule has 0 saturated carbocycles. The molecular formula is C56H34I4O8. The second kappa shape index (κ2) is 15.5. The van der Waals surface area contributed by atoms with Gasteiger partial charge in [0.2, 0.25) is 0 Å². The van der Waals surface area contributed by atoms with E-state index in [0.29, 0.717) is 61.3 Å². The number of hydrogen-bond donors (Lipinski definition) is 6. The van der Waals surface area contributed by atoms with Crippen molar-refractivity contribution in [1.82, 2.24) is 0 Å². The van der Waals surface area contributed by atoms with E-state index < -0.39 is 10.8 Å². The Bertz CT molecular complexity index is 3900. The maximum Gasteiger partial charge on any atom is 0.142 e. The minimum atomic E-state index is -1.11. The summed E-state index contributed by atoms with van der Waals surface area (Å²) in [7, 11) is 0. The SMILES string of the molecule is CC1(c2cc(I)c(O)c(I)c2)c2c(ccc3ccc(O)cc23)Oc2ccc3cc(-c4cc(O)cc5c6c(ccc45)Oc4ccc5ccc(O)cc5c4C6(C)c4cc(I)cc(I)c4O)c(O)cc3c21. The van der Waals surface area contributed by atoms with Gasteiger partial charge in [0.05, 0.1) is 21.5 Å². The molecule has 8 nitrogen and oxygen atoms in total. The van der Waals surface area contributed by atoms with Crippen molar-refractivity contribution in [3.05, 3.63) is 181 Å². The molecule has 0 amide bonds. The number of halogens is 4. The van der Waals surface area contributed by atoms with Crippen molar-refractivity contribution < 1.29 is 40.1 Å². The predicted octanol–water partition coefficient (Wildman–Crippen LogP) is 15.5. The van der Waals surface area contributed by atoms with Crippen LogP contribution in [0, 0.1) is 14.3 Å². The van der Waals surface area contributed by atoms with E-state index in [9.17, 15) is 30.6 Å². The van der Waals surface area contributed by atoms with Crippen LogP contribution in [0.1, 0.15) is 47.2 Å². The van der Waals surface area contributed by atoms with E-state index in [1.54, 1.807) is 42.5 Å². The number of ether oxygens (including phenoxy) is 2. The minimum absolute atomic E-state index is 0.0373. The van der Waals surface area contributed by atoms with Crippen molar-refractivity contribution in [3.8, 4) is 68.6 Å². The largest absolute Gasteiger partial charge is 0.508 e. The summed E-state index contributed by atoms with van der Waals surface area (Å²) in [6.45, 7) is 4.18. The van der Waals surface area contributed by atoms with Gasteiger partial charge in [-0.05, 0) is 255 Å². The molecule has 0 aliphatic carbocycles. The standard InChI is InChI=1S/C56H34I4O8/c1-55(28-16-41(58)54(66)42(59)17-28)49-34-20-30(61)8-3-25(34)5-11-45(49)67-46-13-7-27-15-38(44(64)24-36(27)50(46)55)37-22-32(63)23-39-33(37)10-14-48-52(39)56(2,40-18-29(57)19-43(60)53(40)65)51-35-21-31(62)9-4-26(35)6-12-47(51)68-48/h3-24,61-66H,1-2H3. The van der Waals surface area contributed by atoms with E-state index in [2.05, 4.69) is 104 Å². The van der Waals surface area contributed by atoms with Crippen molar-refractivity contribution in [2.45, 2.75) is 24.7 Å². The Labute approximate surface area is 443 Å². The number of phenols is 6. The predicted molar refractivity (Wildman–Crippen MR) is 300 cm³/mol. The maximum atomic E-state index is 12.5. The number of aromatic hydroxyl groups is 6. The van der Waals surface area contributed by atoms with Crippen LogP contribution in [0.3, 0.4) is 0 Å². The van der Waals surface area contributed by atoms with E-state index in [0.717, 1.165) is 63.5 Å². The first-order chi connectivity index (χ1) is 32.5. The van der Waals surface area contributed by atoms with E-state index in [4.69, 9.17) is 9.47 Å². The number of fused-ring (bicyclic) bond motifs is 12. The first-order valence-electron chi connectivity index (χ1n) is 21.4. The molecule has 0 aromatic heterocycles. The molecule has 12 rings (SSSR count). The highest BCUT2D eigenvalue weighted by molar-refractivity contribution is 14.1. The summed E-state index contributed by atoms with van der Waals surface area (Å²) in [5.41, 5.74) is 3.57. The highest BCUT2D eigenvalue weighted by atomic mass is 127. The number of rotatable bonds is 3. The Morgan fingerprint density at radius 1 is 0.382 bits per heavy atom. The maximum absolute atomic E-state index is 12.5. The average molecular weight is 1340 g/mol. The summed E-state index contributed by atoms with van der Waals surface area (Å²) >= 11 is 8.73. The molecule has 2 atom stereocenters. The zero-order valence-electron chi connectivity index (χ0n) is 35.7. The summed E-state index contributed by atoms with van der Waals surface area (Å²) in [5, 5.41) is 75.3. The van der Waals surface area contributed by atoms with Gasteiger partial charge in [0.1, 0.15) is 57.5 Å². The topological polar surface area (TPSA) is 140 Å². The molecule has 2 heterocycles. The molecule has 10 aromatic rings. The Morgan fingerprint density at radius 2 is 0.853 bits per heavy atom. The second-order valence-electron chi connectivity index (χ2n) is 17.8. The van der Waals surface area contributed by atoms with Crippen LogP contribution < -0.4 is 9.47 Å². The zero-order valence-corrected chi connectivity index (χ0v) is 44.3. The average Bonchev–Trinajstić information content (AvgIpc) is 3.30. The van der Waals surface area contributed by atoms with Gasteiger partial charge in [-0.1, -0.05) is 36.4 Å². The summed E-state index contributed by atoms with van der Waals surface area (Å²) in [6, 6.07) is 41.0. The summed E-state index contributed by atoms with van der Waals surface area (Å²) in [4.78, 5) is 0. The fourth-order valence-electron chi connectivity index (χ4n) is 11.0. The van der Waals surface area contributed by atoms with Crippen molar-refractivity contribution >= 4 is 133 Å². The highest BCUT2D eigenvalue weighted by Gasteiger charge is 2.46. The zero-order chi connectivity index (χ0) is 47.3. The molecule has 0 saturated heterocycles. The molecule has 2 unspecified atom stereocenters. The molecule has 10 aromatic carbocycles. The fraction of sp³-hybridized carbons (Fsp3) is 0.0714. The van der Waals surface area contributed by atoms with Gasteiger partial charge >= 0.3 is 0 Å². The summed E-state index contributed by atoms with van der Waals surface area (Å²) < 4.78 is 16.5. The highest BCUT2D eigenvalue weighted by Crippen LogP contribution is 2.61. The van der Waals surface area contributed by atoms with Gasteiger partial charge in [0.25, 0.3) is 0 Å². The Hall–Kier alpha value is -5.44. The van der Waals surface area contributed by atoms with Crippen molar-refractivity contribution in [2.24, 2.45) is 0 Å². The van der Waals surface area contributed by atoms with Gasteiger partial charge in [-0.25, -0.2) is 0 Å². The molecule has 12 heteroatoms. The molecule has 0 bridgehead atoms. The van der Waals surface area contributed by atoms with E-state index >= 15 is 0 Å². The van der Waals surface area contributed by atoms with Crippen molar-refractivity contribution in [3.63, 3.8) is 0 Å². The van der Waals surface area contributed by atoms with Gasteiger partial charge in [-0.2, -0.15) is 0 Å². The summed E-state index contributed by atoms with van der Waals surface area (Å²) in [5.74, 6) is 2.75. The third-order valence-corrected chi connectivity index (χ3v) is 17.1. The minimum Gasteiger partial charge on any atom is -0.508 e. The Kier molecular flexibility index (Phi) is 10.0. The molecule has 0 spiro atoms. The number of phenolic OH excluding ortho intramolecular Hbond substituents is 6.